The molecule has 0 heterocycles. The highest BCUT2D eigenvalue weighted by molar-refractivity contribution is 5.85. The molecule has 1 aliphatic carbocycles. The van der Waals surface area contributed by atoms with Crippen LogP contribution in [-0.2, 0) is 16.0 Å². The van der Waals surface area contributed by atoms with E-state index in [1.54, 1.807) is 38.4 Å². The van der Waals surface area contributed by atoms with Gasteiger partial charge in [0.2, 0.25) is 5.91 Å². The van der Waals surface area contributed by atoms with Crippen LogP contribution in [0.4, 0.5) is 4.79 Å². The highest BCUT2D eigenvalue weighted by Gasteiger charge is 2.26. The molecule has 1 atom stereocenters. The molecule has 178 valence electrons. The van der Waals surface area contributed by atoms with Gasteiger partial charge >= 0.3 is 12.1 Å². The first kappa shape index (κ1) is 25.9. The number of ether oxygens (including phenoxy) is 1. The van der Waals surface area contributed by atoms with Gasteiger partial charge in [-0.05, 0) is 37.5 Å². The van der Waals surface area contributed by atoms with Crippen LogP contribution in [0.1, 0.15) is 43.2 Å². The Morgan fingerprint density at radius 3 is 2.09 bits per heavy atom. The van der Waals surface area contributed by atoms with Crippen LogP contribution in [0, 0.1) is 12.8 Å². The molecule has 7 nitrogen and oxygen atoms in total. The Labute approximate surface area is 195 Å². The van der Waals surface area contributed by atoms with Gasteiger partial charge in [0.25, 0.3) is 0 Å². The van der Waals surface area contributed by atoms with E-state index in [0.717, 1.165) is 37.7 Å². The molecule has 0 radical (unpaired) electrons. The molecule has 7 heteroatoms. The molecule has 0 aromatic heterocycles. The summed E-state index contributed by atoms with van der Waals surface area (Å²) in [6, 6.07) is 15.9. The van der Waals surface area contributed by atoms with Gasteiger partial charge in [0.05, 0.1) is 0 Å². The molecule has 0 bridgehead atoms. The molecule has 0 aliphatic heterocycles. The van der Waals surface area contributed by atoms with Crippen molar-refractivity contribution in [3.63, 3.8) is 0 Å². The van der Waals surface area contributed by atoms with E-state index in [1.807, 2.05) is 18.2 Å². The molecule has 0 unspecified atom stereocenters. The minimum Gasteiger partial charge on any atom is -0.480 e. The van der Waals surface area contributed by atoms with Crippen LogP contribution < -0.4 is 10.1 Å². The summed E-state index contributed by atoms with van der Waals surface area (Å²) < 4.78 is 5.13. The van der Waals surface area contributed by atoms with E-state index in [4.69, 9.17) is 4.74 Å². The van der Waals surface area contributed by atoms with Crippen LogP contribution in [0.5, 0.6) is 5.75 Å². The number of nitrogens with zero attached hydrogens (tertiary/aromatic N) is 1. The summed E-state index contributed by atoms with van der Waals surface area (Å²) in [6.07, 6.45) is 4.51. The van der Waals surface area contributed by atoms with E-state index < -0.39 is 18.1 Å². The highest BCUT2D eigenvalue weighted by atomic mass is 16.6. The Morgan fingerprint density at radius 2 is 1.61 bits per heavy atom. The van der Waals surface area contributed by atoms with Crippen LogP contribution in [0.2, 0.25) is 0 Å². The molecule has 1 saturated carbocycles. The van der Waals surface area contributed by atoms with Crippen LogP contribution in [0.3, 0.4) is 0 Å². The molecule has 0 spiro atoms. The van der Waals surface area contributed by atoms with E-state index in [0.29, 0.717) is 5.75 Å². The summed E-state index contributed by atoms with van der Waals surface area (Å²) in [5.74, 6) is -0.935. The normalized spacial score (nSPS) is 14.3. The number of hydrogen-bond donors (Lipinski definition) is 2. The topological polar surface area (TPSA) is 95.9 Å². The average Bonchev–Trinajstić information content (AvgIpc) is 2.81. The number of carbonyl (C=O) groups excluding carboxylic acids is 2. The van der Waals surface area contributed by atoms with Gasteiger partial charge < -0.3 is 20.1 Å². The zero-order valence-electron chi connectivity index (χ0n) is 19.6. The Kier molecular flexibility index (Phi) is 10.4. The fourth-order valence-electron chi connectivity index (χ4n) is 3.51. The fourth-order valence-corrected chi connectivity index (χ4v) is 3.51. The van der Waals surface area contributed by atoms with Crippen LogP contribution in [0.15, 0.2) is 54.6 Å². The van der Waals surface area contributed by atoms with Gasteiger partial charge in [-0.3, -0.25) is 4.79 Å². The van der Waals surface area contributed by atoms with Crippen molar-refractivity contribution < 1.29 is 24.2 Å². The number of carbonyl (C=O) groups is 3. The first-order valence-electron chi connectivity index (χ1n) is 11.3. The number of carboxylic acids is 1. The largest absolute Gasteiger partial charge is 0.480 e. The summed E-state index contributed by atoms with van der Waals surface area (Å²) in [6.45, 7) is 2.08. The first-order chi connectivity index (χ1) is 15.8. The predicted octanol–water partition coefficient (Wildman–Crippen LogP) is 4.43. The second kappa shape index (κ2) is 13.3. The molecule has 2 amide bonds. The van der Waals surface area contributed by atoms with Crippen molar-refractivity contribution in [2.75, 3.05) is 14.1 Å². The Hall–Kier alpha value is -3.35. The maximum atomic E-state index is 12.3. The van der Waals surface area contributed by atoms with Gasteiger partial charge in [0.1, 0.15) is 11.8 Å². The number of nitrogens with one attached hydrogen (secondary N) is 1. The van der Waals surface area contributed by atoms with Crippen molar-refractivity contribution in [2.24, 2.45) is 5.92 Å². The standard InChI is InChI=1S/C19H26N2O5.C7H8/c1-21(2)19(25)26-15-10-8-13(9-11-15)12-16(18(23)24)20-17(22)14-6-4-3-5-7-14;1-7-5-3-2-4-6-7/h8-11,14,16H,3-7,12H2,1-2H3,(H,20,22)(H,23,24);2-6H,1H3/t16-;/m0./s1. The van der Waals surface area contributed by atoms with Crippen molar-refractivity contribution in [1.82, 2.24) is 10.2 Å². The average molecular weight is 455 g/mol. The quantitative estimate of drug-likeness (QED) is 0.673. The number of aryl methyl sites for hydroxylation is 1. The van der Waals surface area contributed by atoms with E-state index in [2.05, 4.69) is 24.4 Å². The van der Waals surface area contributed by atoms with E-state index in [-0.39, 0.29) is 18.2 Å². The molecule has 1 fully saturated rings. The summed E-state index contributed by atoms with van der Waals surface area (Å²) in [5, 5.41) is 12.1. The lowest BCUT2D eigenvalue weighted by atomic mass is 9.88. The molecule has 1 aliphatic rings. The zero-order chi connectivity index (χ0) is 24.2. The van der Waals surface area contributed by atoms with E-state index in [9.17, 15) is 19.5 Å². The molecule has 3 rings (SSSR count). The summed E-state index contributed by atoms with van der Waals surface area (Å²) in [5.41, 5.74) is 2.06. The van der Waals surface area contributed by atoms with Gasteiger partial charge in [-0.15, -0.1) is 0 Å². The molecule has 2 aromatic rings. The van der Waals surface area contributed by atoms with Gasteiger partial charge in [-0.25, -0.2) is 9.59 Å². The fraction of sp³-hybridized carbons (Fsp3) is 0.423. The summed E-state index contributed by atoms with van der Waals surface area (Å²) >= 11 is 0. The third kappa shape index (κ3) is 9.35. The number of hydrogen-bond acceptors (Lipinski definition) is 4. The number of amides is 2. The van der Waals surface area contributed by atoms with Crippen LogP contribution in [0.25, 0.3) is 0 Å². The van der Waals surface area contributed by atoms with Crippen molar-refractivity contribution in [3.05, 3.63) is 65.7 Å². The lowest BCUT2D eigenvalue weighted by molar-refractivity contribution is -0.142. The third-order valence-corrected chi connectivity index (χ3v) is 5.46. The first-order valence-corrected chi connectivity index (χ1v) is 11.3. The van der Waals surface area contributed by atoms with Crippen molar-refractivity contribution in [3.8, 4) is 5.75 Å². The Morgan fingerprint density at radius 1 is 1.00 bits per heavy atom. The third-order valence-electron chi connectivity index (χ3n) is 5.46. The minimum atomic E-state index is -1.06. The zero-order valence-corrected chi connectivity index (χ0v) is 19.6. The highest BCUT2D eigenvalue weighted by Crippen LogP contribution is 2.24. The lowest BCUT2D eigenvalue weighted by Crippen LogP contribution is -2.45. The van der Waals surface area contributed by atoms with Crippen LogP contribution >= 0.6 is 0 Å². The maximum Gasteiger partial charge on any atom is 0.414 e. The SMILES string of the molecule is CN(C)C(=O)Oc1ccc(C[C@H](NC(=O)C2CCCCC2)C(=O)O)cc1.Cc1ccccc1. The molecular formula is C26H34N2O5. The molecule has 2 N–H and O–H groups in total. The van der Waals surface area contributed by atoms with E-state index in [1.165, 1.54) is 10.5 Å². The Balaban J connectivity index is 0.000000468. The maximum absolute atomic E-state index is 12.3. The van der Waals surface area contributed by atoms with Gasteiger partial charge in [-0.1, -0.05) is 67.3 Å². The number of rotatable bonds is 6. The molecule has 0 saturated heterocycles. The molecular weight excluding hydrogens is 420 g/mol. The molecule has 2 aromatic carbocycles. The summed E-state index contributed by atoms with van der Waals surface area (Å²) in [7, 11) is 3.17. The lowest BCUT2D eigenvalue weighted by Gasteiger charge is -2.23. The van der Waals surface area contributed by atoms with Gasteiger partial charge in [0.15, 0.2) is 0 Å². The second-order valence-electron chi connectivity index (χ2n) is 8.50. The van der Waals surface area contributed by atoms with Gasteiger partial charge in [0, 0.05) is 26.4 Å². The monoisotopic (exact) mass is 454 g/mol. The van der Waals surface area contributed by atoms with Crippen molar-refractivity contribution in [2.45, 2.75) is 51.5 Å². The Bertz CT molecular complexity index is 891. The predicted molar refractivity (Wildman–Crippen MR) is 127 cm³/mol. The smallest absolute Gasteiger partial charge is 0.414 e. The summed E-state index contributed by atoms with van der Waals surface area (Å²) in [4.78, 5) is 36.7. The number of carboxylic acid groups (broad SMARTS) is 1. The van der Waals surface area contributed by atoms with E-state index >= 15 is 0 Å². The second-order valence-corrected chi connectivity index (χ2v) is 8.50. The number of aliphatic carboxylic acids is 1. The van der Waals surface area contributed by atoms with Crippen molar-refractivity contribution in [1.29, 1.82) is 0 Å². The number of benzene rings is 2. The molecule has 33 heavy (non-hydrogen) atoms. The van der Waals surface area contributed by atoms with Crippen LogP contribution in [-0.4, -0.2) is 48.1 Å². The van der Waals surface area contributed by atoms with Gasteiger partial charge in [-0.2, -0.15) is 0 Å². The minimum absolute atomic E-state index is 0.0848. The van der Waals surface area contributed by atoms with Crippen molar-refractivity contribution >= 4 is 18.0 Å².